The van der Waals surface area contributed by atoms with E-state index in [1.165, 1.54) is 36.3 Å². The summed E-state index contributed by atoms with van der Waals surface area (Å²) in [5, 5.41) is 5.66. The van der Waals surface area contributed by atoms with Gasteiger partial charge in [0.05, 0.1) is 21.1 Å². The second-order valence-electron chi connectivity index (χ2n) is 9.01. The second-order valence-corrected chi connectivity index (χ2v) is 12.9. The van der Waals surface area contributed by atoms with Crippen molar-refractivity contribution in [3.63, 3.8) is 0 Å². The van der Waals surface area contributed by atoms with Gasteiger partial charge in [0.2, 0.25) is 13.3 Å². The third-order valence-electron chi connectivity index (χ3n) is 5.13. The van der Waals surface area contributed by atoms with E-state index in [1.807, 2.05) is 27.2 Å². The predicted octanol–water partition coefficient (Wildman–Crippen LogP) is 6.29. The van der Waals surface area contributed by atoms with E-state index in [0.29, 0.717) is 27.2 Å². The third-order valence-corrected chi connectivity index (χ3v) is 8.49. The maximum atomic E-state index is 13.7. The highest BCUT2D eigenvalue weighted by molar-refractivity contribution is 7.59. The molecule has 0 saturated carbocycles. The molecule has 2 unspecified atom stereocenters. The van der Waals surface area contributed by atoms with E-state index in [-0.39, 0.29) is 6.61 Å². The highest BCUT2D eigenvalue weighted by Crippen LogP contribution is 2.59. The molecule has 0 aliphatic rings. The molecule has 0 bridgehead atoms. The summed E-state index contributed by atoms with van der Waals surface area (Å²) in [6.07, 6.45) is 2.74. The summed E-state index contributed by atoms with van der Waals surface area (Å²) in [7, 11) is 2.49. The van der Waals surface area contributed by atoms with Gasteiger partial charge in [0.15, 0.2) is 11.6 Å². The maximum absolute atomic E-state index is 13.7. The molecule has 0 aliphatic carbocycles. The lowest BCUT2D eigenvalue weighted by atomic mass is 10.1. The van der Waals surface area contributed by atoms with Crippen LogP contribution in [0.25, 0.3) is 16.2 Å². The zero-order chi connectivity index (χ0) is 25.1. The monoisotopic (exact) mass is 527 g/mol. The molecule has 2 aromatic carbocycles. The number of halogens is 3. The van der Waals surface area contributed by atoms with Gasteiger partial charge in [-0.1, -0.05) is 17.7 Å². The van der Waals surface area contributed by atoms with Crippen LogP contribution >= 0.6 is 30.3 Å². The fourth-order valence-corrected chi connectivity index (χ4v) is 6.38. The van der Waals surface area contributed by atoms with E-state index in [9.17, 15) is 18.1 Å². The minimum absolute atomic E-state index is 0.217. The number of benzene rings is 2. The Balaban J connectivity index is 1.91. The normalized spacial score (nSPS) is 14.9. The molecule has 10 heteroatoms. The van der Waals surface area contributed by atoms with Gasteiger partial charge in [-0.3, -0.25) is 9.36 Å². The molecule has 5 nitrogen and oxygen atoms in total. The van der Waals surface area contributed by atoms with Gasteiger partial charge in [-0.05, 0) is 58.3 Å². The summed E-state index contributed by atoms with van der Waals surface area (Å²) in [4.78, 5) is 13.3. The molecule has 2 atom stereocenters. The van der Waals surface area contributed by atoms with Gasteiger partial charge in [0.1, 0.15) is 18.8 Å². The third kappa shape index (κ3) is 6.74. The zero-order valence-corrected chi connectivity index (χ0v) is 21.8. The van der Waals surface area contributed by atoms with Gasteiger partial charge in [-0.25, -0.2) is 8.78 Å². The quantitative estimate of drug-likeness (QED) is 0.263. The van der Waals surface area contributed by atoms with Crippen molar-refractivity contribution < 1.29 is 27.1 Å². The van der Waals surface area contributed by atoms with Crippen molar-refractivity contribution in [1.82, 2.24) is 5.32 Å². The molecule has 0 fully saturated rings. The first-order chi connectivity index (χ1) is 15.9. The predicted molar refractivity (Wildman–Crippen MR) is 135 cm³/mol. The van der Waals surface area contributed by atoms with Gasteiger partial charge in [-0.2, -0.15) is 0 Å². The number of quaternary nitrogens is 1. The highest BCUT2D eigenvalue weighted by Gasteiger charge is 2.38. The highest BCUT2D eigenvalue weighted by atomic mass is 35.5. The van der Waals surface area contributed by atoms with Crippen LogP contribution in [0.15, 0.2) is 48.0 Å². The Morgan fingerprint density at radius 3 is 2.62 bits per heavy atom. The lowest BCUT2D eigenvalue weighted by Gasteiger charge is -2.27. The lowest BCUT2D eigenvalue weighted by Crippen LogP contribution is -2.37. The van der Waals surface area contributed by atoms with Crippen molar-refractivity contribution in [2.75, 3.05) is 41.0 Å². The molecule has 182 valence electrons. The van der Waals surface area contributed by atoms with Crippen LogP contribution < -0.4 is 5.32 Å². The van der Waals surface area contributed by atoms with Crippen LogP contribution in [0.4, 0.5) is 8.78 Å². The summed E-state index contributed by atoms with van der Waals surface area (Å²) in [6, 6.07) is 8.75. The van der Waals surface area contributed by atoms with Gasteiger partial charge < -0.3 is 14.3 Å². The number of hydrogen-bond acceptors (Lipinski definition) is 4. The number of carbonyl (C=O) groups is 1. The topological polar surface area (TPSA) is 55.4 Å². The van der Waals surface area contributed by atoms with Crippen LogP contribution in [-0.2, 0) is 13.9 Å². The molecule has 1 N–H and O–H groups in total. The van der Waals surface area contributed by atoms with Crippen molar-refractivity contribution >= 4 is 52.4 Å². The van der Waals surface area contributed by atoms with Crippen LogP contribution in [0.1, 0.15) is 16.8 Å². The van der Waals surface area contributed by atoms with E-state index in [0.717, 1.165) is 22.2 Å². The van der Waals surface area contributed by atoms with Crippen molar-refractivity contribution in [2.45, 2.75) is 5.66 Å². The largest absolute Gasteiger partial charge is 0.332 e. The zero-order valence-electron chi connectivity index (χ0n) is 19.3. The van der Waals surface area contributed by atoms with E-state index in [4.69, 9.17) is 16.1 Å². The summed E-state index contributed by atoms with van der Waals surface area (Å²) >= 11 is 7.61. The van der Waals surface area contributed by atoms with Gasteiger partial charge in [0.25, 0.3) is 0 Å². The molecule has 3 aromatic rings. The molecular weight excluding hydrogens is 501 g/mol. The Hall–Kier alpha value is -2.09. The van der Waals surface area contributed by atoms with Gasteiger partial charge >= 0.3 is 0 Å². The van der Waals surface area contributed by atoms with E-state index in [2.05, 4.69) is 5.32 Å². The molecule has 1 heterocycles. The number of nitrogens with one attached hydrogen (secondary N) is 1. The second kappa shape index (κ2) is 10.7. The molecule has 0 spiro atoms. The first-order valence-corrected chi connectivity index (χ1v) is 13.9. The summed E-state index contributed by atoms with van der Waals surface area (Å²) in [5.74, 6) is -2.48. The molecule has 0 aliphatic heterocycles. The van der Waals surface area contributed by atoms with Gasteiger partial charge in [0, 0.05) is 22.6 Å². The average Bonchev–Trinajstić information content (AvgIpc) is 3.12. The first-order valence-electron chi connectivity index (χ1n) is 10.5. The van der Waals surface area contributed by atoms with Crippen LogP contribution in [0.2, 0.25) is 5.02 Å². The Morgan fingerprint density at radius 2 is 1.94 bits per heavy atom. The van der Waals surface area contributed by atoms with E-state index in [1.54, 1.807) is 17.5 Å². The van der Waals surface area contributed by atoms with Crippen molar-refractivity contribution in [3.8, 4) is 0 Å². The Morgan fingerprint density at radius 1 is 1.21 bits per heavy atom. The fourth-order valence-electron chi connectivity index (χ4n) is 3.33. The lowest BCUT2D eigenvalue weighted by molar-refractivity contribution is -0.870. The molecule has 0 radical (unpaired) electrons. The number of amides is 1. The minimum Gasteiger partial charge on any atom is -0.332 e. The minimum atomic E-state index is -3.48. The van der Waals surface area contributed by atoms with Crippen LogP contribution in [0.3, 0.4) is 0 Å². The summed E-state index contributed by atoms with van der Waals surface area (Å²) in [6.45, 7) is 2.28. The molecule has 0 saturated heterocycles. The first kappa shape index (κ1) is 26.5. The van der Waals surface area contributed by atoms with Crippen LogP contribution in [0, 0.1) is 11.6 Å². The SMILES string of the molecule is C[N+](C)(C)CCOP(C)(=O)C(C(=O)NC=Cc1ccc(F)c(F)c1)c1csc2ccc(Cl)cc12. The molecule has 1 aromatic heterocycles. The summed E-state index contributed by atoms with van der Waals surface area (Å²) < 4.78 is 47.7. The fraction of sp³-hybridized carbons (Fsp3) is 0.292. The smallest absolute Gasteiger partial charge is 0.241 e. The summed E-state index contributed by atoms with van der Waals surface area (Å²) in [5.41, 5.74) is -0.151. The number of fused-ring (bicyclic) bond motifs is 1. The number of carbonyl (C=O) groups excluding carboxylic acids is 1. The van der Waals surface area contributed by atoms with Crippen molar-refractivity contribution in [1.29, 1.82) is 0 Å². The molecule has 1 amide bonds. The van der Waals surface area contributed by atoms with Gasteiger partial charge in [-0.15, -0.1) is 11.3 Å². The molecular formula is C24H27ClF2N2O3PS+. The van der Waals surface area contributed by atoms with E-state index >= 15 is 0 Å². The maximum Gasteiger partial charge on any atom is 0.241 e. The molecule has 34 heavy (non-hydrogen) atoms. The Bertz CT molecular complexity index is 1270. The number of thiophene rings is 1. The van der Waals surface area contributed by atoms with Crippen molar-refractivity contribution in [3.05, 3.63) is 75.8 Å². The van der Waals surface area contributed by atoms with Crippen molar-refractivity contribution in [2.24, 2.45) is 0 Å². The standard InChI is InChI=1S/C24H26ClF2N2O3PS/c1-29(2,3)11-12-32-33(4,31)23(19-15-34-22-8-6-17(25)14-18(19)22)24(30)28-10-9-16-5-7-20(26)21(27)13-16/h5-10,13-15,23H,11-12H2,1-4H3/p+1. The van der Waals surface area contributed by atoms with Crippen LogP contribution in [-0.4, -0.2) is 51.3 Å². The average molecular weight is 528 g/mol. The number of rotatable bonds is 9. The molecule has 3 rings (SSSR count). The number of likely N-dealkylation sites (N-methyl/N-ethyl adjacent to an activating group) is 1. The number of hydrogen-bond donors (Lipinski definition) is 1. The van der Waals surface area contributed by atoms with Crippen LogP contribution in [0.5, 0.6) is 0 Å². The number of nitrogens with zero attached hydrogens (tertiary/aromatic N) is 1. The Kier molecular flexibility index (Phi) is 8.32. The Labute approximate surface area is 207 Å². The van der Waals surface area contributed by atoms with E-state index < -0.39 is 30.6 Å².